The van der Waals surface area contributed by atoms with Gasteiger partial charge in [-0.25, -0.2) is 0 Å². The molecule has 80 heavy (non-hydrogen) atoms. The van der Waals surface area contributed by atoms with Crippen LogP contribution in [0.2, 0.25) is 0 Å². The third-order valence-electron chi connectivity index (χ3n) is 16.0. The predicted molar refractivity (Wildman–Crippen MR) is 323 cm³/mol. The van der Waals surface area contributed by atoms with Gasteiger partial charge < -0.3 is 65.1 Å². The number of carbonyl (C=O) groups excluding carboxylic acids is 1. The van der Waals surface area contributed by atoms with Crippen LogP contribution in [-0.4, -0.2) is 140 Å². The third-order valence-corrected chi connectivity index (χ3v) is 16.0. The van der Waals surface area contributed by atoms with Crippen molar-refractivity contribution in [3.63, 3.8) is 0 Å². The van der Waals surface area contributed by atoms with Crippen LogP contribution in [0.25, 0.3) is 0 Å². The average Bonchev–Trinajstić information content (AvgIpc) is 3.46. The summed E-state index contributed by atoms with van der Waals surface area (Å²) in [5, 5.41) is 87.2. The maximum atomic E-state index is 13.3. The van der Waals surface area contributed by atoms with Gasteiger partial charge >= 0.3 is 0 Å². The fourth-order valence-corrected chi connectivity index (χ4v) is 10.7. The summed E-state index contributed by atoms with van der Waals surface area (Å²) in [4.78, 5) is 13.3. The number of aliphatic hydroxyl groups excluding tert-OH is 8. The lowest BCUT2D eigenvalue weighted by molar-refractivity contribution is -0.359. The number of allylic oxidation sites excluding steroid dienone is 7. The number of rotatable bonds is 53. The van der Waals surface area contributed by atoms with E-state index in [1.807, 2.05) is 6.08 Å². The minimum Gasteiger partial charge on any atom is -0.394 e. The van der Waals surface area contributed by atoms with Crippen LogP contribution in [0, 0.1) is 0 Å². The Labute approximate surface area is 486 Å². The van der Waals surface area contributed by atoms with Crippen LogP contribution in [0.15, 0.2) is 48.6 Å². The molecule has 12 atom stereocenters. The molecule has 2 rings (SSSR count). The second kappa shape index (κ2) is 51.4. The highest BCUT2D eigenvalue weighted by Crippen LogP contribution is 2.30. The topological polar surface area (TPSA) is 228 Å². The number of hydrogen-bond acceptors (Lipinski definition) is 13. The molecule has 2 saturated heterocycles. The summed E-state index contributed by atoms with van der Waals surface area (Å²) in [5.74, 6) is -0.261. The number of ether oxygens (including phenoxy) is 4. The van der Waals surface area contributed by atoms with E-state index in [-0.39, 0.29) is 18.9 Å². The zero-order valence-electron chi connectivity index (χ0n) is 50.6. The SMILES string of the molecule is CCCCCCCCC/C=C\CCCCCCCC(=O)NC(COC1OC(CO)C(OC2OC(CO)C(O)C(O)C2O)C(O)C1O)C(O)/C=C/CC/C=C/CC/C=C/CCCCCCCCCCCCCCCCCCCCCC. The third kappa shape index (κ3) is 35.9. The fraction of sp³-hybridized carbons (Fsp3) is 0.864. The van der Waals surface area contributed by atoms with Crippen LogP contribution in [0.4, 0.5) is 0 Å². The molecule has 12 unspecified atom stereocenters. The van der Waals surface area contributed by atoms with Crippen molar-refractivity contribution in [2.45, 2.75) is 344 Å². The smallest absolute Gasteiger partial charge is 0.220 e. The first-order valence-electron chi connectivity index (χ1n) is 32.9. The molecule has 0 spiro atoms. The highest BCUT2D eigenvalue weighted by atomic mass is 16.7. The summed E-state index contributed by atoms with van der Waals surface area (Å²) in [7, 11) is 0. The number of unbranched alkanes of at least 4 members (excludes halogenated alkanes) is 34. The van der Waals surface area contributed by atoms with Crippen molar-refractivity contribution in [3.8, 4) is 0 Å². The Balaban J connectivity index is 1.72. The van der Waals surface area contributed by atoms with Crippen LogP contribution in [0.5, 0.6) is 0 Å². The summed E-state index contributed by atoms with van der Waals surface area (Å²) in [6.07, 6.45) is 48.9. The van der Waals surface area contributed by atoms with Gasteiger partial charge in [0, 0.05) is 6.42 Å². The van der Waals surface area contributed by atoms with Crippen molar-refractivity contribution < 1.29 is 64.6 Å². The quantitative estimate of drug-likeness (QED) is 0.0204. The predicted octanol–water partition coefficient (Wildman–Crippen LogP) is 12.3. The standard InChI is InChI=1S/C66H121NO13/c1-3-5-7-9-11-13-15-17-19-21-22-23-24-25-26-27-28-29-30-31-32-33-34-35-37-39-41-43-45-47-49-55(70)54(67-58(71)50-48-46-44-42-40-38-36-20-18-16-14-12-10-8-6-4-2)53-77-65-63(76)61(74)64(57(52-69)79-65)80-66-62(75)60(73)59(72)56(51-68)78-66/h20,33-34,36,39,41,47,49,54-57,59-66,68-70,72-76H,3-19,21-32,35,37-38,40,42-46,48,50-53H2,1-2H3,(H,67,71)/b34-33+,36-20-,41-39+,49-47+. The molecule has 0 aliphatic carbocycles. The summed E-state index contributed by atoms with van der Waals surface area (Å²) >= 11 is 0. The van der Waals surface area contributed by atoms with Gasteiger partial charge in [-0.15, -0.1) is 0 Å². The minimum absolute atomic E-state index is 0.260. The van der Waals surface area contributed by atoms with Gasteiger partial charge in [-0.2, -0.15) is 0 Å². The molecule has 2 fully saturated rings. The number of nitrogens with one attached hydrogen (secondary N) is 1. The zero-order valence-corrected chi connectivity index (χ0v) is 50.6. The van der Waals surface area contributed by atoms with Crippen molar-refractivity contribution in [3.05, 3.63) is 48.6 Å². The lowest BCUT2D eigenvalue weighted by Crippen LogP contribution is -2.65. The summed E-state index contributed by atoms with van der Waals surface area (Å²) in [5.41, 5.74) is 0. The fourth-order valence-electron chi connectivity index (χ4n) is 10.7. The van der Waals surface area contributed by atoms with Crippen molar-refractivity contribution >= 4 is 5.91 Å². The molecular formula is C66H121NO13. The van der Waals surface area contributed by atoms with Crippen LogP contribution < -0.4 is 5.32 Å². The first kappa shape index (κ1) is 74.1. The maximum Gasteiger partial charge on any atom is 0.220 e. The molecule has 2 aliphatic rings. The zero-order chi connectivity index (χ0) is 58.1. The van der Waals surface area contributed by atoms with Crippen molar-refractivity contribution in [2.24, 2.45) is 0 Å². The summed E-state index contributed by atoms with van der Waals surface area (Å²) < 4.78 is 22.8. The van der Waals surface area contributed by atoms with Gasteiger partial charge in [-0.3, -0.25) is 4.79 Å². The molecule has 0 aromatic rings. The Morgan fingerprint density at radius 2 is 0.800 bits per heavy atom. The molecule has 2 aliphatic heterocycles. The van der Waals surface area contributed by atoms with E-state index >= 15 is 0 Å². The number of amides is 1. The first-order chi connectivity index (χ1) is 39.1. The second-order valence-electron chi connectivity index (χ2n) is 23.2. The van der Waals surface area contributed by atoms with Crippen molar-refractivity contribution in [2.75, 3.05) is 19.8 Å². The lowest BCUT2D eigenvalue weighted by atomic mass is 9.97. The largest absolute Gasteiger partial charge is 0.394 e. The van der Waals surface area contributed by atoms with E-state index < -0.39 is 86.8 Å². The molecule has 0 radical (unpaired) electrons. The summed E-state index contributed by atoms with van der Waals surface area (Å²) in [6, 6.07) is -0.943. The monoisotopic (exact) mass is 1140 g/mol. The van der Waals surface area contributed by atoms with Gasteiger partial charge in [-0.05, 0) is 70.6 Å². The van der Waals surface area contributed by atoms with Gasteiger partial charge in [0.15, 0.2) is 12.6 Å². The van der Waals surface area contributed by atoms with E-state index in [9.17, 15) is 45.6 Å². The first-order valence-corrected chi connectivity index (χ1v) is 32.9. The minimum atomic E-state index is -1.79. The Morgan fingerprint density at radius 1 is 0.438 bits per heavy atom. The van der Waals surface area contributed by atoms with Gasteiger partial charge in [-0.1, -0.05) is 242 Å². The van der Waals surface area contributed by atoms with Crippen LogP contribution in [-0.2, 0) is 23.7 Å². The lowest BCUT2D eigenvalue weighted by Gasteiger charge is -2.46. The second-order valence-corrected chi connectivity index (χ2v) is 23.2. The van der Waals surface area contributed by atoms with E-state index in [2.05, 4.69) is 55.6 Å². The highest BCUT2D eigenvalue weighted by molar-refractivity contribution is 5.76. The molecule has 14 heteroatoms. The molecule has 0 saturated carbocycles. The molecule has 0 aromatic heterocycles. The Hall–Kier alpha value is -2.05. The highest BCUT2D eigenvalue weighted by Gasteiger charge is 2.51. The van der Waals surface area contributed by atoms with Gasteiger partial charge in [0.05, 0.1) is 32.0 Å². The molecule has 2 heterocycles. The van der Waals surface area contributed by atoms with Crippen molar-refractivity contribution in [1.29, 1.82) is 0 Å². The van der Waals surface area contributed by atoms with Crippen LogP contribution in [0.3, 0.4) is 0 Å². The summed E-state index contributed by atoms with van der Waals surface area (Å²) in [6.45, 7) is 2.79. The van der Waals surface area contributed by atoms with E-state index in [1.54, 1.807) is 6.08 Å². The molecular weight excluding hydrogens is 1010 g/mol. The van der Waals surface area contributed by atoms with Gasteiger partial charge in [0.1, 0.15) is 48.8 Å². The van der Waals surface area contributed by atoms with Gasteiger partial charge in [0.25, 0.3) is 0 Å². The molecule has 9 N–H and O–H groups in total. The van der Waals surface area contributed by atoms with E-state index in [1.165, 1.54) is 173 Å². The van der Waals surface area contributed by atoms with Crippen LogP contribution >= 0.6 is 0 Å². The molecule has 1 amide bonds. The van der Waals surface area contributed by atoms with Gasteiger partial charge in [0.2, 0.25) is 5.91 Å². The van der Waals surface area contributed by atoms with E-state index in [4.69, 9.17) is 18.9 Å². The normalized spacial score (nSPS) is 24.5. The van der Waals surface area contributed by atoms with E-state index in [0.717, 1.165) is 64.2 Å². The Morgan fingerprint density at radius 3 is 1.23 bits per heavy atom. The van der Waals surface area contributed by atoms with E-state index in [0.29, 0.717) is 12.8 Å². The molecule has 0 aromatic carbocycles. The van der Waals surface area contributed by atoms with Crippen molar-refractivity contribution in [1.82, 2.24) is 5.32 Å². The molecule has 468 valence electrons. The average molecular weight is 1140 g/mol. The van der Waals surface area contributed by atoms with Crippen LogP contribution in [0.1, 0.15) is 271 Å². The number of hydrogen-bond donors (Lipinski definition) is 9. The number of aliphatic hydroxyl groups is 8. The number of carbonyl (C=O) groups is 1. The maximum absolute atomic E-state index is 13.3. The molecule has 14 nitrogen and oxygen atoms in total. The Kier molecular flexibility index (Phi) is 47.6. The Bertz CT molecular complexity index is 1530. The molecule has 0 bridgehead atoms.